The summed E-state index contributed by atoms with van der Waals surface area (Å²) in [7, 11) is 0. The second-order valence-electron chi connectivity index (χ2n) is 3.62. The Kier molecular flexibility index (Phi) is 3.89. The topological polar surface area (TPSA) is 37.4 Å². The van der Waals surface area contributed by atoms with Gasteiger partial charge in [-0.05, 0) is 33.8 Å². The Bertz CT molecular complexity index is 476. The van der Waals surface area contributed by atoms with Crippen LogP contribution in [-0.2, 0) is 4.79 Å². The summed E-state index contributed by atoms with van der Waals surface area (Å²) in [5.74, 6) is 1.04. The fourth-order valence-electron chi connectivity index (χ4n) is 1.82. The Morgan fingerprint density at radius 3 is 2.82 bits per heavy atom. The molecule has 0 N–H and O–H groups in total. The van der Waals surface area contributed by atoms with Crippen LogP contribution in [0.5, 0.6) is 0 Å². The zero-order valence-electron chi connectivity index (χ0n) is 9.40. The molecule has 1 aliphatic heterocycles. The van der Waals surface area contributed by atoms with E-state index in [0.29, 0.717) is 16.6 Å². The Balaban J connectivity index is 2.29. The molecule has 1 aliphatic rings. The van der Waals surface area contributed by atoms with E-state index in [9.17, 15) is 9.59 Å². The average Bonchev–Trinajstić information content (AvgIpc) is 2.55. The van der Waals surface area contributed by atoms with Crippen LogP contribution in [0.1, 0.15) is 17.3 Å². The molecule has 0 bridgehead atoms. The Morgan fingerprint density at radius 2 is 2.12 bits per heavy atom. The highest BCUT2D eigenvalue weighted by Crippen LogP contribution is 2.34. The number of hydrogen-bond acceptors (Lipinski definition) is 3. The van der Waals surface area contributed by atoms with Gasteiger partial charge in [-0.2, -0.15) is 11.8 Å². The van der Waals surface area contributed by atoms with Crippen molar-refractivity contribution in [1.82, 2.24) is 0 Å². The molecule has 0 radical (unpaired) electrons. The van der Waals surface area contributed by atoms with E-state index in [0.717, 1.165) is 17.2 Å². The van der Waals surface area contributed by atoms with Gasteiger partial charge in [0.15, 0.2) is 0 Å². The van der Waals surface area contributed by atoms with Crippen molar-refractivity contribution in [3.63, 3.8) is 0 Å². The summed E-state index contributed by atoms with van der Waals surface area (Å²) in [6, 6.07) is 5.45. The fourth-order valence-corrected chi connectivity index (χ4v) is 2.96. The van der Waals surface area contributed by atoms with Gasteiger partial charge in [0.25, 0.3) is 11.7 Å². The average molecular weight is 314 g/mol. The van der Waals surface area contributed by atoms with Crippen molar-refractivity contribution in [2.24, 2.45) is 0 Å². The number of nitrogens with zero attached hydrogens (tertiary/aromatic N) is 1. The van der Waals surface area contributed by atoms with Crippen LogP contribution in [0.25, 0.3) is 0 Å². The zero-order valence-corrected chi connectivity index (χ0v) is 11.8. The van der Waals surface area contributed by atoms with Crippen LogP contribution in [0, 0.1) is 0 Å². The van der Waals surface area contributed by atoms with Crippen molar-refractivity contribution in [3.8, 4) is 0 Å². The van der Waals surface area contributed by atoms with Crippen LogP contribution < -0.4 is 4.90 Å². The molecule has 0 atom stereocenters. The number of carbonyl (C=O) groups is 2. The van der Waals surface area contributed by atoms with E-state index >= 15 is 0 Å². The Morgan fingerprint density at radius 1 is 1.35 bits per heavy atom. The third kappa shape index (κ3) is 2.26. The molecule has 5 heteroatoms. The van der Waals surface area contributed by atoms with Gasteiger partial charge in [0.1, 0.15) is 0 Å². The molecule has 0 unspecified atom stereocenters. The van der Waals surface area contributed by atoms with E-state index in [1.165, 1.54) is 0 Å². The van der Waals surface area contributed by atoms with Gasteiger partial charge in [-0.3, -0.25) is 9.59 Å². The van der Waals surface area contributed by atoms with E-state index in [4.69, 9.17) is 0 Å². The standard InChI is InChI=1S/C12H12BrNO2S/c1-2-17-7-6-14-9-5-3-4-8(13)10(9)11(15)12(14)16/h3-5H,2,6-7H2,1H3. The van der Waals surface area contributed by atoms with Crippen molar-refractivity contribution in [1.29, 1.82) is 0 Å². The monoisotopic (exact) mass is 313 g/mol. The molecule has 1 aromatic carbocycles. The van der Waals surface area contributed by atoms with Crippen LogP contribution in [0.4, 0.5) is 5.69 Å². The first-order chi connectivity index (χ1) is 8.16. The third-order valence-corrected chi connectivity index (χ3v) is 4.15. The van der Waals surface area contributed by atoms with Crippen molar-refractivity contribution in [2.75, 3.05) is 23.0 Å². The molecule has 17 heavy (non-hydrogen) atoms. The van der Waals surface area contributed by atoms with Crippen LogP contribution in [-0.4, -0.2) is 29.7 Å². The van der Waals surface area contributed by atoms with Crippen molar-refractivity contribution >= 4 is 45.1 Å². The molecule has 0 aromatic heterocycles. The van der Waals surface area contributed by atoms with Crippen molar-refractivity contribution in [2.45, 2.75) is 6.92 Å². The van der Waals surface area contributed by atoms with E-state index < -0.39 is 11.7 Å². The molecule has 0 saturated carbocycles. The van der Waals surface area contributed by atoms with Crippen molar-refractivity contribution < 1.29 is 9.59 Å². The molecule has 0 aliphatic carbocycles. The number of fused-ring (bicyclic) bond motifs is 1. The quantitative estimate of drug-likeness (QED) is 0.633. The third-order valence-electron chi connectivity index (χ3n) is 2.61. The van der Waals surface area contributed by atoms with E-state index in [2.05, 4.69) is 22.9 Å². The zero-order chi connectivity index (χ0) is 12.4. The summed E-state index contributed by atoms with van der Waals surface area (Å²) in [5.41, 5.74) is 1.23. The van der Waals surface area contributed by atoms with Crippen LogP contribution >= 0.6 is 27.7 Å². The molecule has 1 aromatic rings. The molecule has 1 heterocycles. The van der Waals surface area contributed by atoms with Gasteiger partial charge in [0, 0.05) is 16.8 Å². The summed E-state index contributed by atoms with van der Waals surface area (Å²) in [5, 5.41) is 0. The van der Waals surface area contributed by atoms with Crippen LogP contribution in [0.3, 0.4) is 0 Å². The molecule has 1 amide bonds. The number of rotatable bonds is 4. The van der Waals surface area contributed by atoms with Crippen LogP contribution in [0.15, 0.2) is 22.7 Å². The lowest BCUT2D eigenvalue weighted by Gasteiger charge is -2.15. The number of amides is 1. The molecule has 0 saturated heterocycles. The number of hydrogen-bond donors (Lipinski definition) is 0. The lowest BCUT2D eigenvalue weighted by Crippen LogP contribution is -2.31. The number of halogens is 1. The van der Waals surface area contributed by atoms with Crippen molar-refractivity contribution in [3.05, 3.63) is 28.2 Å². The molecule has 0 fully saturated rings. The molecular formula is C12H12BrNO2S. The number of anilines is 1. The molecule has 0 spiro atoms. The molecule has 90 valence electrons. The highest BCUT2D eigenvalue weighted by atomic mass is 79.9. The van der Waals surface area contributed by atoms with E-state index in [1.807, 2.05) is 12.1 Å². The van der Waals surface area contributed by atoms with E-state index in [-0.39, 0.29) is 0 Å². The van der Waals surface area contributed by atoms with E-state index in [1.54, 1.807) is 22.7 Å². The second-order valence-corrected chi connectivity index (χ2v) is 5.86. The van der Waals surface area contributed by atoms with Gasteiger partial charge in [0.2, 0.25) is 0 Å². The SMILES string of the molecule is CCSCCN1C(=O)C(=O)c2c(Br)cccc21. The number of thioether (sulfide) groups is 1. The minimum absolute atomic E-state index is 0.408. The van der Waals surface area contributed by atoms with Gasteiger partial charge >= 0.3 is 0 Å². The maximum atomic E-state index is 11.9. The first-order valence-corrected chi connectivity index (χ1v) is 7.34. The van der Waals surface area contributed by atoms with Gasteiger partial charge in [-0.25, -0.2) is 0 Å². The normalized spacial score (nSPS) is 14.4. The Hall–Kier alpha value is -0.810. The predicted octanol–water partition coefficient (Wildman–Crippen LogP) is 2.73. The van der Waals surface area contributed by atoms with Gasteiger partial charge < -0.3 is 4.90 Å². The molecule has 3 nitrogen and oxygen atoms in total. The summed E-state index contributed by atoms with van der Waals surface area (Å²) < 4.78 is 0.694. The lowest BCUT2D eigenvalue weighted by atomic mass is 10.1. The maximum Gasteiger partial charge on any atom is 0.299 e. The second kappa shape index (κ2) is 5.23. The number of ketones is 1. The Labute approximate surface area is 113 Å². The predicted molar refractivity (Wildman–Crippen MR) is 73.8 cm³/mol. The highest BCUT2D eigenvalue weighted by Gasteiger charge is 2.36. The smallest absolute Gasteiger partial charge is 0.299 e. The number of benzene rings is 1. The largest absolute Gasteiger partial charge is 0.304 e. The maximum absolute atomic E-state index is 11.9. The van der Waals surface area contributed by atoms with Gasteiger partial charge in [-0.15, -0.1) is 0 Å². The summed E-state index contributed by atoms with van der Waals surface area (Å²) in [6.07, 6.45) is 0. The van der Waals surface area contributed by atoms with Gasteiger partial charge in [0.05, 0.1) is 11.3 Å². The summed E-state index contributed by atoms with van der Waals surface area (Å²) in [6.45, 7) is 2.67. The first kappa shape index (κ1) is 12.6. The lowest BCUT2D eigenvalue weighted by molar-refractivity contribution is -0.114. The first-order valence-electron chi connectivity index (χ1n) is 5.39. The number of Topliss-reactive ketones (excluding diaryl/α,β-unsaturated/α-hetero) is 1. The number of carbonyl (C=O) groups excluding carboxylic acids is 2. The fraction of sp³-hybridized carbons (Fsp3) is 0.333. The van der Waals surface area contributed by atoms with Crippen LogP contribution in [0.2, 0.25) is 0 Å². The minimum atomic E-state index is -0.413. The highest BCUT2D eigenvalue weighted by molar-refractivity contribution is 9.10. The van der Waals surface area contributed by atoms with Gasteiger partial charge in [-0.1, -0.05) is 13.0 Å². The minimum Gasteiger partial charge on any atom is -0.304 e. The molecular weight excluding hydrogens is 302 g/mol. The summed E-state index contributed by atoms with van der Waals surface area (Å²) >= 11 is 5.08. The molecule has 2 rings (SSSR count). The summed E-state index contributed by atoms with van der Waals surface area (Å²) in [4.78, 5) is 25.3.